The van der Waals surface area contributed by atoms with Crippen LogP contribution in [0, 0.1) is 0 Å². The molecule has 1 N–H and O–H groups in total. The summed E-state index contributed by atoms with van der Waals surface area (Å²) in [7, 11) is 1.70. The van der Waals surface area contributed by atoms with Gasteiger partial charge < -0.3 is 15.0 Å². The zero-order valence-electron chi connectivity index (χ0n) is 12.3. The highest BCUT2D eigenvalue weighted by Crippen LogP contribution is 2.32. The molecule has 1 fully saturated rings. The SMILES string of the molecule is COc1ccc2ccnc(N3CCNCC3(C)C)c2c1. The number of hydrogen-bond donors (Lipinski definition) is 1. The summed E-state index contributed by atoms with van der Waals surface area (Å²) in [6.07, 6.45) is 1.89. The summed E-state index contributed by atoms with van der Waals surface area (Å²) >= 11 is 0. The molecule has 0 radical (unpaired) electrons. The van der Waals surface area contributed by atoms with Crippen LogP contribution in [0.3, 0.4) is 0 Å². The maximum absolute atomic E-state index is 5.36. The van der Waals surface area contributed by atoms with Crippen molar-refractivity contribution < 1.29 is 4.74 Å². The van der Waals surface area contributed by atoms with Crippen molar-refractivity contribution in [3.05, 3.63) is 30.5 Å². The molecule has 0 amide bonds. The van der Waals surface area contributed by atoms with E-state index < -0.39 is 0 Å². The van der Waals surface area contributed by atoms with E-state index in [2.05, 4.69) is 41.2 Å². The number of hydrogen-bond acceptors (Lipinski definition) is 4. The maximum atomic E-state index is 5.36. The minimum Gasteiger partial charge on any atom is -0.497 e. The molecule has 3 rings (SSSR count). The van der Waals surface area contributed by atoms with Gasteiger partial charge in [0.2, 0.25) is 0 Å². The Morgan fingerprint density at radius 2 is 2.15 bits per heavy atom. The maximum Gasteiger partial charge on any atom is 0.137 e. The number of piperazine rings is 1. The van der Waals surface area contributed by atoms with Gasteiger partial charge in [-0.25, -0.2) is 4.98 Å². The predicted molar refractivity (Wildman–Crippen MR) is 82.6 cm³/mol. The lowest BCUT2D eigenvalue weighted by atomic mass is 9.99. The monoisotopic (exact) mass is 271 g/mol. The molecule has 1 aliphatic heterocycles. The van der Waals surface area contributed by atoms with Gasteiger partial charge >= 0.3 is 0 Å². The Balaban J connectivity index is 2.14. The molecular formula is C16H21N3O. The number of rotatable bonds is 2. The number of anilines is 1. The van der Waals surface area contributed by atoms with Gasteiger partial charge in [-0.1, -0.05) is 6.07 Å². The first-order valence-electron chi connectivity index (χ1n) is 7.03. The van der Waals surface area contributed by atoms with E-state index in [1.165, 1.54) is 5.39 Å². The molecule has 2 aromatic rings. The molecule has 4 nitrogen and oxygen atoms in total. The smallest absolute Gasteiger partial charge is 0.137 e. The number of fused-ring (bicyclic) bond motifs is 1. The quantitative estimate of drug-likeness (QED) is 0.910. The third-order valence-electron chi connectivity index (χ3n) is 4.01. The third-order valence-corrected chi connectivity index (χ3v) is 4.01. The summed E-state index contributed by atoms with van der Waals surface area (Å²) in [6.45, 7) is 7.43. The van der Waals surface area contributed by atoms with E-state index in [1.54, 1.807) is 7.11 Å². The van der Waals surface area contributed by atoms with Crippen LogP contribution in [0.4, 0.5) is 5.82 Å². The molecular weight excluding hydrogens is 250 g/mol. The first-order chi connectivity index (χ1) is 9.62. The van der Waals surface area contributed by atoms with Crippen LogP contribution in [-0.4, -0.2) is 37.3 Å². The van der Waals surface area contributed by atoms with E-state index in [0.717, 1.165) is 36.6 Å². The predicted octanol–water partition coefficient (Wildman–Crippen LogP) is 2.43. The largest absolute Gasteiger partial charge is 0.497 e. The van der Waals surface area contributed by atoms with E-state index in [9.17, 15) is 0 Å². The molecule has 1 aliphatic rings. The standard InChI is InChI=1S/C16H21N3O/c1-16(2)11-17-8-9-19(16)15-14-10-13(20-3)5-4-12(14)6-7-18-15/h4-7,10,17H,8-9,11H2,1-3H3. The molecule has 4 heteroatoms. The van der Waals surface area contributed by atoms with E-state index in [0.29, 0.717) is 0 Å². The molecule has 0 atom stereocenters. The van der Waals surface area contributed by atoms with E-state index in [4.69, 9.17) is 4.74 Å². The molecule has 1 aromatic heterocycles. The lowest BCUT2D eigenvalue weighted by Crippen LogP contribution is -2.58. The fourth-order valence-corrected chi connectivity index (χ4v) is 2.85. The van der Waals surface area contributed by atoms with E-state index >= 15 is 0 Å². The number of ether oxygens (including phenoxy) is 1. The number of nitrogens with zero attached hydrogens (tertiary/aromatic N) is 2. The summed E-state index contributed by atoms with van der Waals surface area (Å²) in [5.74, 6) is 1.92. The third kappa shape index (κ3) is 2.20. The molecule has 20 heavy (non-hydrogen) atoms. The summed E-state index contributed by atoms with van der Waals surface area (Å²) in [4.78, 5) is 7.04. The van der Waals surface area contributed by atoms with Crippen molar-refractivity contribution >= 4 is 16.6 Å². The Morgan fingerprint density at radius 1 is 1.30 bits per heavy atom. The van der Waals surface area contributed by atoms with Gasteiger partial charge in [-0.05, 0) is 37.4 Å². The van der Waals surface area contributed by atoms with E-state index in [1.807, 2.05) is 18.3 Å². The van der Waals surface area contributed by atoms with Crippen LogP contribution in [0.15, 0.2) is 30.5 Å². The van der Waals surface area contributed by atoms with Gasteiger partial charge in [-0.3, -0.25) is 0 Å². The lowest BCUT2D eigenvalue weighted by molar-refractivity contribution is 0.378. The van der Waals surface area contributed by atoms with Crippen LogP contribution in [0.1, 0.15) is 13.8 Å². The van der Waals surface area contributed by atoms with Crippen LogP contribution < -0.4 is 15.0 Å². The highest BCUT2D eigenvalue weighted by molar-refractivity contribution is 5.93. The minimum atomic E-state index is 0.0581. The van der Waals surface area contributed by atoms with Gasteiger partial charge in [-0.2, -0.15) is 0 Å². The van der Waals surface area contributed by atoms with Gasteiger partial charge in [0.05, 0.1) is 7.11 Å². The fourth-order valence-electron chi connectivity index (χ4n) is 2.85. The highest BCUT2D eigenvalue weighted by atomic mass is 16.5. The molecule has 0 unspecified atom stereocenters. The number of aromatic nitrogens is 1. The number of pyridine rings is 1. The van der Waals surface area contributed by atoms with Gasteiger partial charge in [0, 0.05) is 36.8 Å². The lowest BCUT2D eigenvalue weighted by Gasteiger charge is -2.44. The summed E-state index contributed by atoms with van der Waals surface area (Å²) in [5, 5.41) is 5.80. The van der Waals surface area contributed by atoms with Crippen molar-refractivity contribution in [1.82, 2.24) is 10.3 Å². The van der Waals surface area contributed by atoms with Gasteiger partial charge in [0.25, 0.3) is 0 Å². The first kappa shape index (κ1) is 13.2. The van der Waals surface area contributed by atoms with Gasteiger partial charge in [0.15, 0.2) is 0 Å². The van der Waals surface area contributed by atoms with Crippen molar-refractivity contribution in [2.24, 2.45) is 0 Å². The number of methoxy groups -OCH3 is 1. The van der Waals surface area contributed by atoms with Crippen molar-refractivity contribution in [2.75, 3.05) is 31.6 Å². The molecule has 0 aliphatic carbocycles. The molecule has 2 heterocycles. The molecule has 0 saturated carbocycles. The number of nitrogens with one attached hydrogen (secondary N) is 1. The highest BCUT2D eigenvalue weighted by Gasteiger charge is 2.31. The summed E-state index contributed by atoms with van der Waals surface area (Å²) in [6, 6.07) is 8.22. The van der Waals surface area contributed by atoms with Crippen molar-refractivity contribution in [3.8, 4) is 5.75 Å². The summed E-state index contributed by atoms with van der Waals surface area (Å²) < 4.78 is 5.36. The topological polar surface area (TPSA) is 37.4 Å². The average Bonchev–Trinajstić information content (AvgIpc) is 2.46. The van der Waals surface area contributed by atoms with Gasteiger partial charge in [0.1, 0.15) is 11.6 Å². The van der Waals surface area contributed by atoms with Crippen molar-refractivity contribution in [2.45, 2.75) is 19.4 Å². The Morgan fingerprint density at radius 3 is 2.90 bits per heavy atom. The van der Waals surface area contributed by atoms with Crippen LogP contribution in [0.5, 0.6) is 5.75 Å². The van der Waals surface area contributed by atoms with Crippen LogP contribution in [0.2, 0.25) is 0 Å². The second-order valence-corrected chi connectivity index (χ2v) is 5.86. The summed E-state index contributed by atoms with van der Waals surface area (Å²) in [5.41, 5.74) is 0.0581. The molecule has 1 saturated heterocycles. The fraction of sp³-hybridized carbons (Fsp3) is 0.438. The first-order valence-corrected chi connectivity index (χ1v) is 7.03. The Hall–Kier alpha value is -1.81. The van der Waals surface area contributed by atoms with Crippen LogP contribution >= 0.6 is 0 Å². The number of benzene rings is 1. The van der Waals surface area contributed by atoms with E-state index in [-0.39, 0.29) is 5.54 Å². The molecule has 1 aromatic carbocycles. The second kappa shape index (κ2) is 4.94. The zero-order valence-corrected chi connectivity index (χ0v) is 12.3. The molecule has 0 spiro atoms. The average molecular weight is 271 g/mol. The van der Waals surface area contributed by atoms with Crippen LogP contribution in [0.25, 0.3) is 10.8 Å². The van der Waals surface area contributed by atoms with Crippen LogP contribution in [-0.2, 0) is 0 Å². The van der Waals surface area contributed by atoms with Gasteiger partial charge in [-0.15, -0.1) is 0 Å². The Bertz CT molecular complexity index is 624. The normalized spacial score (nSPS) is 18.2. The Kier molecular flexibility index (Phi) is 3.26. The second-order valence-electron chi connectivity index (χ2n) is 5.86. The molecule has 106 valence electrons. The zero-order chi connectivity index (χ0) is 14.2. The molecule has 0 bridgehead atoms. The Labute approximate surface area is 119 Å². The van der Waals surface area contributed by atoms with Crippen molar-refractivity contribution in [1.29, 1.82) is 0 Å². The minimum absolute atomic E-state index is 0.0581. The van der Waals surface area contributed by atoms with Crippen molar-refractivity contribution in [3.63, 3.8) is 0 Å².